The van der Waals surface area contributed by atoms with Crippen molar-refractivity contribution in [2.24, 2.45) is 0 Å². The molecule has 7 nitrogen and oxygen atoms in total. The highest BCUT2D eigenvalue weighted by Crippen LogP contribution is 2.23. The first-order valence-electron chi connectivity index (χ1n) is 9.85. The standard InChI is InChI=1S/C23H22N6OS/c24-29-22(19-12-7-14-25-16-19)27-28-23(29)31-15-13-20(30)26-21(17-8-3-1-4-9-17)18-10-5-2-6-11-18/h1-12,14,16,21H,13,15,24H2,(H,26,30). The van der Waals surface area contributed by atoms with E-state index in [9.17, 15) is 4.79 Å². The number of carbonyl (C=O) groups is 1. The van der Waals surface area contributed by atoms with Gasteiger partial charge in [-0.2, -0.15) is 0 Å². The van der Waals surface area contributed by atoms with Crippen LogP contribution in [0.3, 0.4) is 0 Å². The molecule has 4 rings (SSSR count). The van der Waals surface area contributed by atoms with Gasteiger partial charge in [0.15, 0.2) is 5.82 Å². The van der Waals surface area contributed by atoms with Crippen molar-refractivity contribution < 1.29 is 4.79 Å². The number of nitrogens with one attached hydrogen (secondary N) is 1. The fourth-order valence-electron chi connectivity index (χ4n) is 3.19. The first-order valence-corrected chi connectivity index (χ1v) is 10.8. The smallest absolute Gasteiger partial charge is 0.221 e. The number of pyridine rings is 1. The third-order valence-corrected chi connectivity index (χ3v) is 5.66. The summed E-state index contributed by atoms with van der Waals surface area (Å²) in [5.41, 5.74) is 2.87. The largest absolute Gasteiger partial charge is 0.345 e. The minimum Gasteiger partial charge on any atom is -0.345 e. The Morgan fingerprint density at radius 3 is 2.26 bits per heavy atom. The van der Waals surface area contributed by atoms with E-state index in [0.29, 0.717) is 23.2 Å². The predicted molar refractivity (Wildman–Crippen MR) is 122 cm³/mol. The molecule has 0 saturated carbocycles. The summed E-state index contributed by atoms with van der Waals surface area (Å²) < 4.78 is 1.43. The van der Waals surface area contributed by atoms with Crippen molar-refractivity contribution in [1.82, 2.24) is 25.2 Å². The molecular weight excluding hydrogens is 408 g/mol. The van der Waals surface area contributed by atoms with Crippen LogP contribution in [0, 0.1) is 0 Å². The van der Waals surface area contributed by atoms with Gasteiger partial charge in [0.2, 0.25) is 11.1 Å². The van der Waals surface area contributed by atoms with Crippen LogP contribution in [0.4, 0.5) is 0 Å². The molecule has 0 aliphatic rings. The van der Waals surface area contributed by atoms with Crippen LogP contribution in [0.15, 0.2) is 90.3 Å². The van der Waals surface area contributed by atoms with Crippen LogP contribution < -0.4 is 11.2 Å². The Morgan fingerprint density at radius 2 is 1.65 bits per heavy atom. The molecule has 31 heavy (non-hydrogen) atoms. The van der Waals surface area contributed by atoms with Gasteiger partial charge >= 0.3 is 0 Å². The van der Waals surface area contributed by atoms with E-state index in [2.05, 4.69) is 20.5 Å². The third kappa shape index (κ3) is 5.10. The number of carbonyl (C=O) groups excluding carboxylic acids is 1. The number of benzene rings is 2. The monoisotopic (exact) mass is 430 g/mol. The van der Waals surface area contributed by atoms with Gasteiger partial charge in [-0.1, -0.05) is 72.4 Å². The van der Waals surface area contributed by atoms with Gasteiger partial charge in [-0.15, -0.1) is 10.2 Å². The molecule has 0 saturated heterocycles. The zero-order valence-electron chi connectivity index (χ0n) is 16.8. The molecule has 0 fully saturated rings. The molecule has 4 aromatic rings. The Balaban J connectivity index is 1.38. The van der Waals surface area contributed by atoms with Gasteiger partial charge in [-0.3, -0.25) is 9.78 Å². The van der Waals surface area contributed by atoms with Crippen molar-refractivity contribution in [3.05, 3.63) is 96.3 Å². The minimum absolute atomic E-state index is 0.0409. The maximum Gasteiger partial charge on any atom is 0.221 e. The SMILES string of the molecule is Nn1c(SCCC(=O)NC(c2ccccc2)c2ccccc2)nnc1-c1cccnc1. The van der Waals surface area contributed by atoms with Crippen LogP contribution >= 0.6 is 11.8 Å². The number of nitrogens with zero attached hydrogens (tertiary/aromatic N) is 4. The van der Waals surface area contributed by atoms with E-state index < -0.39 is 0 Å². The van der Waals surface area contributed by atoms with E-state index in [4.69, 9.17) is 5.84 Å². The van der Waals surface area contributed by atoms with Gasteiger partial charge in [0.05, 0.1) is 6.04 Å². The zero-order chi connectivity index (χ0) is 21.5. The summed E-state index contributed by atoms with van der Waals surface area (Å²) in [7, 11) is 0. The quantitative estimate of drug-likeness (QED) is 0.328. The van der Waals surface area contributed by atoms with Crippen molar-refractivity contribution in [1.29, 1.82) is 0 Å². The fraction of sp³-hybridized carbons (Fsp3) is 0.130. The van der Waals surface area contributed by atoms with E-state index in [1.807, 2.05) is 72.8 Å². The second kappa shape index (κ2) is 9.90. The lowest BCUT2D eigenvalue weighted by atomic mass is 9.98. The first kappa shape index (κ1) is 20.6. The Morgan fingerprint density at radius 1 is 0.968 bits per heavy atom. The number of nitrogen functional groups attached to an aromatic ring is 1. The van der Waals surface area contributed by atoms with Crippen molar-refractivity contribution in [3.63, 3.8) is 0 Å². The number of amides is 1. The van der Waals surface area contributed by atoms with E-state index >= 15 is 0 Å². The molecule has 0 radical (unpaired) electrons. The maximum atomic E-state index is 12.7. The summed E-state index contributed by atoms with van der Waals surface area (Å²) in [4.78, 5) is 16.8. The number of hydrogen-bond acceptors (Lipinski definition) is 6. The number of nitrogens with two attached hydrogens (primary N) is 1. The molecule has 0 unspecified atom stereocenters. The van der Waals surface area contributed by atoms with Crippen molar-refractivity contribution in [2.75, 3.05) is 11.6 Å². The van der Waals surface area contributed by atoms with Crippen molar-refractivity contribution in [3.8, 4) is 11.4 Å². The highest BCUT2D eigenvalue weighted by molar-refractivity contribution is 7.99. The van der Waals surface area contributed by atoms with Crippen LogP contribution in [0.25, 0.3) is 11.4 Å². The first-order chi connectivity index (χ1) is 15.2. The molecule has 2 aromatic carbocycles. The minimum atomic E-state index is -0.199. The summed E-state index contributed by atoms with van der Waals surface area (Å²) in [6, 6.07) is 23.4. The molecule has 0 aliphatic heterocycles. The molecule has 0 atom stereocenters. The molecule has 0 spiro atoms. The zero-order valence-corrected chi connectivity index (χ0v) is 17.6. The number of hydrogen-bond donors (Lipinski definition) is 2. The van der Waals surface area contributed by atoms with Gasteiger partial charge in [-0.05, 0) is 23.3 Å². The van der Waals surface area contributed by atoms with E-state index in [0.717, 1.165) is 16.7 Å². The normalized spacial score (nSPS) is 10.9. The van der Waals surface area contributed by atoms with Gasteiger partial charge in [0.1, 0.15) is 0 Å². The fourth-order valence-corrected chi connectivity index (χ4v) is 3.98. The lowest BCUT2D eigenvalue weighted by molar-refractivity contribution is -0.121. The van der Waals surface area contributed by atoms with Gasteiger partial charge in [0, 0.05) is 30.1 Å². The summed E-state index contributed by atoms with van der Waals surface area (Å²) in [5, 5.41) is 12.0. The van der Waals surface area contributed by atoms with Crippen LogP contribution in [0.1, 0.15) is 23.6 Å². The summed E-state index contributed by atoms with van der Waals surface area (Å²) in [5.74, 6) is 7.15. The summed E-state index contributed by atoms with van der Waals surface area (Å²) >= 11 is 1.39. The Bertz CT molecular complexity index is 1080. The molecule has 2 heterocycles. The van der Waals surface area contributed by atoms with Crippen LogP contribution in [0.2, 0.25) is 0 Å². The van der Waals surface area contributed by atoms with Crippen LogP contribution in [-0.4, -0.2) is 31.5 Å². The second-order valence-electron chi connectivity index (χ2n) is 6.84. The third-order valence-electron chi connectivity index (χ3n) is 4.72. The molecule has 8 heteroatoms. The molecule has 2 aromatic heterocycles. The number of thioether (sulfide) groups is 1. The number of aromatic nitrogens is 4. The molecule has 3 N–H and O–H groups in total. The highest BCUT2D eigenvalue weighted by Gasteiger charge is 2.17. The van der Waals surface area contributed by atoms with Crippen LogP contribution in [0.5, 0.6) is 0 Å². The van der Waals surface area contributed by atoms with Crippen LogP contribution in [-0.2, 0) is 4.79 Å². The predicted octanol–water partition coefficient (Wildman–Crippen LogP) is 3.44. The number of rotatable bonds is 8. The summed E-state index contributed by atoms with van der Waals surface area (Å²) in [6.45, 7) is 0. The van der Waals surface area contributed by atoms with E-state index in [1.165, 1.54) is 16.4 Å². The molecule has 156 valence electrons. The Kier molecular flexibility index (Phi) is 6.59. The Labute approximate surface area is 184 Å². The van der Waals surface area contributed by atoms with Gasteiger partial charge in [0.25, 0.3) is 0 Å². The maximum absolute atomic E-state index is 12.7. The molecule has 0 aliphatic carbocycles. The molecule has 1 amide bonds. The lowest BCUT2D eigenvalue weighted by Gasteiger charge is -2.20. The molecular formula is C23H22N6OS. The molecule has 0 bridgehead atoms. The lowest BCUT2D eigenvalue weighted by Crippen LogP contribution is -2.29. The average Bonchev–Trinajstić information content (AvgIpc) is 3.19. The topological polar surface area (TPSA) is 98.7 Å². The Hall–Kier alpha value is -3.65. The van der Waals surface area contributed by atoms with Gasteiger partial charge < -0.3 is 11.2 Å². The van der Waals surface area contributed by atoms with Gasteiger partial charge in [-0.25, -0.2) is 4.68 Å². The average molecular weight is 431 g/mol. The van der Waals surface area contributed by atoms with Crippen molar-refractivity contribution >= 4 is 17.7 Å². The highest BCUT2D eigenvalue weighted by atomic mass is 32.2. The van der Waals surface area contributed by atoms with E-state index in [1.54, 1.807) is 12.4 Å². The summed E-state index contributed by atoms with van der Waals surface area (Å²) in [6.07, 6.45) is 3.70. The second-order valence-corrected chi connectivity index (χ2v) is 7.90. The van der Waals surface area contributed by atoms with Crippen molar-refractivity contribution in [2.45, 2.75) is 17.6 Å². The van der Waals surface area contributed by atoms with E-state index in [-0.39, 0.29) is 11.9 Å².